The van der Waals surface area contributed by atoms with Gasteiger partial charge in [-0.2, -0.15) is 0 Å². The van der Waals surface area contributed by atoms with E-state index in [1.807, 2.05) is 78.0 Å². The van der Waals surface area contributed by atoms with Crippen LogP contribution >= 0.6 is 0 Å². The Bertz CT molecular complexity index is 1370. The van der Waals surface area contributed by atoms with Crippen molar-refractivity contribution in [1.82, 2.24) is 14.7 Å². The largest absolute Gasteiger partial charge is 0.455 e. The second kappa shape index (κ2) is 12.4. The van der Waals surface area contributed by atoms with Crippen LogP contribution in [0, 0.1) is 17.8 Å². The van der Waals surface area contributed by atoms with Crippen LogP contribution in [0.25, 0.3) is 0 Å². The Kier molecular flexibility index (Phi) is 9.03. The van der Waals surface area contributed by atoms with Crippen molar-refractivity contribution in [2.75, 3.05) is 20.2 Å². The molecule has 1 aromatic carbocycles. The SMILES string of the molecule is CC(C)[C@H](CO)N1C(=O)[C@@H]2[C@H]3C(=O)O[C@H](c4ccccc4)[C@@H](C)N(C)C(=O)CC/C=C\[C@H]3O[C@@]23C=CCN(C(C)(C)C)C(=O)[C@@H]13. The smallest absolute Gasteiger partial charge is 0.313 e. The predicted molar refractivity (Wildman–Crippen MR) is 167 cm³/mol. The quantitative estimate of drug-likeness (QED) is 0.405. The van der Waals surface area contributed by atoms with Crippen LogP contribution in [0.1, 0.15) is 66.1 Å². The van der Waals surface area contributed by atoms with Crippen LogP contribution in [0.3, 0.4) is 0 Å². The summed E-state index contributed by atoms with van der Waals surface area (Å²) in [4.78, 5) is 61.6. The summed E-state index contributed by atoms with van der Waals surface area (Å²) < 4.78 is 13.1. The van der Waals surface area contributed by atoms with E-state index >= 15 is 0 Å². The Balaban J connectivity index is 1.66. The van der Waals surface area contributed by atoms with Gasteiger partial charge in [0.1, 0.15) is 23.7 Å². The molecule has 10 heteroatoms. The maximum atomic E-state index is 14.7. The van der Waals surface area contributed by atoms with Crippen LogP contribution in [0.2, 0.25) is 0 Å². The molecule has 45 heavy (non-hydrogen) atoms. The highest BCUT2D eigenvalue weighted by Crippen LogP contribution is 2.54. The molecule has 5 rings (SSSR count). The van der Waals surface area contributed by atoms with Crippen molar-refractivity contribution in [3.63, 3.8) is 0 Å². The van der Waals surface area contributed by atoms with Crippen molar-refractivity contribution in [2.24, 2.45) is 17.8 Å². The predicted octanol–water partition coefficient (Wildman–Crippen LogP) is 3.26. The first-order valence-electron chi connectivity index (χ1n) is 16.0. The van der Waals surface area contributed by atoms with Gasteiger partial charge in [-0.3, -0.25) is 19.2 Å². The molecule has 4 aliphatic rings. The van der Waals surface area contributed by atoms with Gasteiger partial charge in [-0.1, -0.05) is 68.5 Å². The first-order chi connectivity index (χ1) is 21.2. The van der Waals surface area contributed by atoms with Crippen molar-refractivity contribution >= 4 is 23.7 Å². The van der Waals surface area contributed by atoms with Gasteiger partial charge in [0.2, 0.25) is 17.7 Å². The van der Waals surface area contributed by atoms with Gasteiger partial charge in [0.15, 0.2) is 0 Å². The molecule has 4 aliphatic heterocycles. The molecular formula is C35H47N3O7. The van der Waals surface area contributed by atoms with Gasteiger partial charge in [0.05, 0.1) is 30.7 Å². The summed E-state index contributed by atoms with van der Waals surface area (Å²) in [7, 11) is 1.70. The number of nitrogens with zero attached hydrogens (tertiary/aromatic N) is 3. The molecule has 0 aromatic heterocycles. The number of cyclic esters (lactones) is 1. The molecule has 0 bridgehead atoms. The van der Waals surface area contributed by atoms with Crippen LogP contribution in [-0.2, 0) is 28.7 Å². The Labute approximate surface area is 266 Å². The number of esters is 1. The van der Waals surface area contributed by atoms with E-state index in [-0.39, 0.29) is 30.8 Å². The number of aliphatic hydroxyl groups excluding tert-OH is 1. The van der Waals surface area contributed by atoms with E-state index < -0.39 is 65.2 Å². The fourth-order valence-electron chi connectivity index (χ4n) is 7.41. The van der Waals surface area contributed by atoms with E-state index in [9.17, 15) is 24.3 Å². The minimum atomic E-state index is -1.46. The Morgan fingerprint density at radius 1 is 1.04 bits per heavy atom. The summed E-state index contributed by atoms with van der Waals surface area (Å²) in [5.74, 6) is -3.72. The topological polar surface area (TPSA) is 117 Å². The number of fused-ring (bicyclic) bond motifs is 2. The molecule has 4 heterocycles. The van der Waals surface area contributed by atoms with Crippen LogP contribution in [0.4, 0.5) is 0 Å². The van der Waals surface area contributed by atoms with E-state index in [0.29, 0.717) is 13.0 Å². The second-order valence-electron chi connectivity index (χ2n) is 14.1. The van der Waals surface area contributed by atoms with E-state index in [1.54, 1.807) is 35.1 Å². The number of allylic oxidation sites excluding steroid dienone is 1. The molecule has 0 radical (unpaired) electrons. The van der Waals surface area contributed by atoms with Crippen molar-refractivity contribution in [3.05, 3.63) is 60.2 Å². The van der Waals surface area contributed by atoms with Gasteiger partial charge in [0, 0.05) is 25.6 Å². The summed E-state index contributed by atoms with van der Waals surface area (Å²) >= 11 is 0. The lowest BCUT2D eigenvalue weighted by molar-refractivity contribution is -0.165. The summed E-state index contributed by atoms with van der Waals surface area (Å²) in [6.45, 7) is 11.4. The molecule has 244 valence electrons. The lowest BCUT2D eigenvalue weighted by Crippen LogP contribution is -2.61. The number of benzene rings is 1. The normalized spacial score (nSPS) is 34.0. The monoisotopic (exact) mass is 621 g/mol. The van der Waals surface area contributed by atoms with E-state index in [1.165, 1.54) is 4.90 Å². The summed E-state index contributed by atoms with van der Waals surface area (Å²) in [6, 6.07) is 7.01. The molecular weight excluding hydrogens is 574 g/mol. The first-order valence-corrected chi connectivity index (χ1v) is 16.0. The van der Waals surface area contributed by atoms with Crippen molar-refractivity contribution in [3.8, 4) is 0 Å². The van der Waals surface area contributed by atoms with Gasteiger partial charge < -0.3 is 29.3 Å². The van der Waals surface area contributed by atoms with E-state index in [2.05, 4.69) is 0 Å². The zero-order valence-corrected chi connectivity index (χ0v) is 27.4. The third-order valence-corrected chi connectivity index (χ3v) is 9.99. The minimum absolute atomic E-state index is 0.0850. The molecule has 1 spiro atoms. The highest BCUT2D eigenvalue weighted by molar-refractivity contribution is 5.99. The molecule has 1 N–H and O–H groups in total. The Morgan fingerprint density at radius 2 is 1.73 bits per heavy atom. The third-order valence-electron chi connectivity index (χ3n) is 9.99. The van der Waals surface area contributed by atoms with Crippen molar-refractivity contribution < 1.29 is 33.8 Å². The van der Waals surface area contributed by atoms with Crippen LogP contribution in [0.15, 0.2) is 54.6 Å². The summed E-state index contributed by atoms with van der Waals surface area (Å²) in [5.41, 5.74) is -1.30. The van der Waals surface area contributed by atoms with E-state index in [0.717, 1.165) is 5.56 Å². The average molecular weight is 622 g/mol. The lowest BCUT2D eigenvalue weighted by atomic mass is 9.77. The number of likely N-dealkylation sites (tertiary alicyclic amines) is 1. The molecule has 0 unspecified atom stereocenters. The number of aliphatic hydroxyl groups is 1. The number of hydrogen-bond acceptors (Lipinski definition) is 7. The van der Waals surface area contributed by atoms with Crippen molar-refractivity contribution in [1.29, 1.82) is 0 Å². The fraction of sp³-hybridized carbons (Fsp3) is 0.600. The minimum Gasteiger partial charge on any atom is -0.455 e. The Hall–Kier alpha value is -3.50. The molecule has 0 saturated carbocycles. The van der Waals surface area contributed by atoms with Gasteiger partial charge in [-0.15, -0.1) is 0 Å². The number of rotatable bonds is 4. The molecule has 2 fully saturated rings. The molecule has 10 nitrogen and oxygen atoms in total. The highest BCUT2D eigenvalue weighted by Gasteiger charge is 2.73. The first kappa shape index (κ1) is 32.9. The lowest BCUT2D eigenvalue weighted by Gasteiger charge is -2.42. The number of hydrogen-bond donors (Lipinski definition) is 1. The number of carbonyl (C=O) groups excluding carboxylic acids is 4. The number of carbonyl (C=O) groups is 4. The average Bonchev–Trinajstić information content (AvgIpc) is 3.37. The summed E-state index contributed by atoms with van der Waals surface area (Å²) in [6.07, 6.45) is 6.17. The van der Waals surface area contributed by atoms with Crippen LogP contribution in [0.5, 0.6) is 0 Å². The maximum Gasteiger partial charge on any atom is 0.313 e. The zero-order chi connectivity index (χ0) is 32.8. The summed E-state index contributed by atoms with van der Waals surface area (Å²) in [5, 5.41) is 10.5. The van der Waals surface area contributed by atoms with Crippen LogP contribution < -0.4 is 0 Å². The molecule has 3 amide bonds. The number of ether oxygens (including phenoxy) is 2. The molecule has 8 atom stereocenters. The van der Waals surface area contributed by atoms with Gasteiger partial charge in [0.25, 0.3) is 0 Å². The van der Waals surface area contributed by atoms with Crippen LogP contribution in [-0.4, -0.2) is 99.1 Å². The molecule has 0 aliphatic carbocycles. The van der Waals surface area contributed by atoms with Gasteiger partial charge in [-0.05, 0) is 45.6 Å². The maximum absolute atomic E-state index is 14.7. The van der Waals surface area contributed by atoms with E-state index in [4.69, 9.17) is 9.47 Å². The number of likely N-dealkylation sites (N-methyl/N-ethyl adjacent to an activating group) is 1. The standard InChI is InChI=1S/C35H47N3O7/c1-21(2)24(20-39)38-30-32(42)37(34(4,5)6)19-13-18-35(30)28(31(38)41)27-25(45-35)16-11-12-17-26(40)36(7)22(3)29(44-33(27)43)23-14-9-8-10-15-23/h8-11,13-16,18,21-22,24-25,27-30,39H,12,17,19-20H2,1-7H3/b16-11-/t22-,24+,25-,27+,28+,29+,30-,35+/m1/s1. The fourth-order valence-corrected chi connectivity index (χ4v) is 7.41. The molecule has 2 saturated heterocycles. The molecule has 1 aromatic rings. The Morgan fingerprint density at radius 3 is 2.36 bits per heavy atom. The van der Waals surface area contributed by atoms with Gasteiger partial charge >= 0.3 is 5.97 Å². The van der Waals surface area contributed by atoms with Crippen molar-refractivity contribution in [2.45, 2.75) is 95.9 Å². The highest BCUT2D eigenvalue weighted by atomic mass is 16.6. The number of amides is 3. The zero-order valence-electron chi connectivity index (χ0n) is 27.4. The second-order valence-corrected chi connectivity index (χ2v) is 14.1. The van der Waals surface area contributed by atoms with Gasteiger partial charge in [-0.25, -0.2) is 0 Å². The third kappa shape index (κ3) is 5.60.